The lowest BCUT2D eigenvalue weighted by Crippen LogP contribution is -2.20. The predicted molar refractivity (Wildman–Crippen MR) is 75.6 cm³/mol. The summed E-state index contributed by atoms with van der Waals surface area (Å²) in [7, 11) is 0. The third kappa shape index (κ3) is 2.71. The first-order chi connectivity index (χ1) is 10.6. The molecule has 3 heterocycles. The highest BCUT2D eigenvalue weighted by atomic mass is 19.3. The molecule has 0 saturated heterocycles. The molecule has 0 amide bonds. The van der Waals surface area contributed by atoms with Crippen LogP contribution in [0.2, 0.25) is 0 Å². The van der Waals surface area contributed by atoms with E-state index in [-0.39, 0.29) is 0 Å². The van der Waals surface area contributed by atoms with Crippen LogP contribution in [0.25, 0.3) is 16.9 Å². The molecule has 0 unspecified atom stereocenters. The van der Waals surface area contributed by atoms with Gasteiger partial charge in [-0.15, -0.1) is 0 Å². The van der Waals surface area contributed by atoms with E-state index >= 15 is 0 Å². The number of aliphatic hydroxyl groups excluding tert-OH is 1. The number of aromatic nitrogens is 4. The van der Waals surface area contributed by atoms with Crippen molar-refractivity contribution in [2.75, 3.05) is 6.61 Å². The molecule has 0 radical (unpaired) electrons. The third-order valence-corrected chi connectivity index (χ3v) is 3.11. The molecule has 0 aliphatic heterocycles. The van der Waals surface area contributed by atoms with E-state index in [0.717, 1.165) is 5.69 Å². The van der Waals surface area contributed by atoms with Gasteiger partial charge in [0.1, 0.15) is 12.3 Å². The van der Waals surface area contributed by atoms with Crippen LogP contribution in [0.5, 0.6) is 0 Å². The second kappa shape index (κ2) is 5.61. The van der Waals surface area contributed by atoms with Crippen LogP contribution >= 0.6 is 0 Å². The van der Waals surface area contributed by atoms with Crippen LogP contribution in [0.3, 0.4) is 0 Å². The lowest BCUT2D eigenvalue weighted by atomic mass is 10.1. The van der Waals surface area contributed by atoms with Crippen LogP contribution < -0.4 is 0 Å². The molecule has 0 spiro atoms. The van der Waals surface area contributed by atoms with Gasteiger partial charge >= 0.3 is 5.92 Å². The minimum absolute atomic E-state index is 0.362. The summed E-state index contributed by atoms with van der Waals surface area (Å²) >= 11 is 0. The molecule has 0 bridgehead atoms. The van der Waals surface area contributed by atoms with Crippen LogP contribution in [0.4, 0.5) is 8.78 Å². The zero-order valence-electron chi connectivity index (χ0n) is 11.4. The number of pyridine rings is 2. The smallest absolute Gasteiger partial charge is 0.312 e. The van der Waals surface area contributed by atoms with Gasteiger partial charge in [-0.1, -0.05) is 6.07 Å². The highest BCUT2D eigenvalue weighted by molar-refractivity contribution is 5.58. The molecule has 1 N–H and O–H groups in total. The van der Waals surface area contributed by atoms with Gasteiger partial charge in [-0.3, -0.25) is 4.98 Å². The van der Waals surface area contributed by atoms with E-state index in [9.17, 15) is 8.78 Å². The summed E-state index contributed by atoms with van der Waals surface area (Å²) in [6.45, 7) is -1.28. The van der Waals surface area contributed by atoms with Gasteiger partial charge in [0, 0.05) is 18.0 Å². The summed E-state index contributed by atoms with van der Waals surface area (Å²) in [5, 5.41) is 12.9. The summed E-state index contributed by atoms with van der Waals surface area (Å²) in [5.41, 5.74) is 1.24. The predicted octanol–water partition coefficient (Wildman–Crippen LogP) is 2.41. The molecule has 0 aliphatic carbocycles. The number of nitrogens with zero attached hydrogens (tertiary/aromatic N) is 4. The largest absolute Gasteiger partial charge is 0.390 e. The van der Waals surface area contributed by atoms with Crippen molar-refractivity contribution in [1.82, 2.24) is 19.7 Å². The Balaban J connectivity index is 1.96. The molecule has 3 aromatic rings. The highest BCUT2D eigenvalue weighted by Crippen LogP contribution is 2.27. The van der Waals surface area contributed by atoms with Crippen LogP contribution in [0, 0.1) is 0 Å². The van der Waals surface area contributed by atoms with Gasteiger partial charge in [-0.2, -0.15) is 13.9 Å². The zero-order chi connectivity index (χ0) is 15.6. The van der Waals surface area contributed by atoms with Crippen molar-refractivity contribution in [3.8, 4) is 16.9 Å². The van der Waals surface area contributed by atoms with E-state index in [1.807, 2.05) is 6.07 Å². The van der Waals surface area contributed by atoms with Gasteiger partial charge in [-0.25, -0.2) is 9.67 Å². The Bertz CT molecular complexity index is 774. The molecule has 22 heavy (non-hydrogen) atoms. The monoisotopic (exact) mass is 302 g/mol. The van der Waals surface area contributed by atoms with Gasteiger partial charge in [0.2, 0.25) is 0 Å². The highest BCUT2D eigenvalue weighted by Gasteiger charge is 2.32. The minimum atomic E-state index is -3.37. The van der Waals surface area contributed by atoms with Gasteiger partial charge < -0.3 is 5.11 Å². The Labute approximate surface area is 124 Å². The topological polar surface area (TPSA) is 63.8 Å². The number of rotatable bonds is 4. The van der Waals surface area contributed by atoms with Crippen molar-refractivity contribution < 1.29 is 13.9 Å². The SMILES string of the molecule is OCC(F)(F)c1cccc(-c2cnn(-c3cccnc3)c2)n1. The Morgan fingerprint density at radius 3 is 2.73 bits per heavy atom. The molecule has 0 saturated carbocycles. The first kappa shape index (κ1) is 14.3. The fourth-order valence-corrected chi connectivity index (χ4v) is 1.97. The summed E-state index contributed by atoms with van der Waals surface area (Å²) in [6, 6.07) is 7.88. The van der Waals surface area contributed by atoms with Gasteiger partial charge in [-0.05, 0) is 24.3 Å². The number of hydrogen-bond donors (Lipinski definition) is 1. The molecule has 3 aromatic heterocycles. The number of alkyl halides is 2. The number of halogens is 2. The maximum absolute atomic E-state index is 13.5. The minimum Gasteiger partial charge on any atom is -0.390 e. The number of aliphatic hydroxyl groups is 1. The van der Waals surface area contributed by atoms with Gasteiger partial charge in [0.05, 0.1) is 23.8 Å². The van der Waals surface area contributed by atoms with Crippen LogP contribution in [-0.4, -0.2) is 31.5 Å². The first-order valence-electron chi connectivity index (χ1n) is 6.52. The molecule has 0 aromatic carbocycles. The quantitative estimate of drug-likeness (QED) is 0.804. The van der Waals surface area contributed by atoms with E-state index in [1.165, 1.54) is 18.3 Å². The normalized spacial score (nSPS) is 11.6. The fourth-order valence-electron chi connectivity index (χ4n) is 1.97. The molecular formula is C15H12F2N4O. The third-order valence-electron chi connectivity index (χ3n) is 3.11. The average molecular weight is 302 g/mol. The summed E-state index contributed by atoms with van der Waals surface area (Å²) in [4.78, 5) is 7.91. The van der Waals surface area contributed by atoms with Crippen molar-refractivity contribution in [1.29, 1.82) is 0 Å². The summed E-state index contributed by atoms with van der Waals surface area (Å²) in [6.07, 6.45) is 6.51. The Morgan fingerprint density at radius 2 is 2.00 bits per heavy atom. The summed E-state index contributed by atoms with van der Waals surface area (Å²) in [5.74, 6) is -3.37. The molecule has 5 nitrogen and oxygen atoms in total. The fraction of sp³-hybridized carbons (Fsp3) is 0.133. The van der Waals surface area contributed by atoms with E-state index in [2.05, 4.69) is 15.1 Å². The van der Waals surface area contributed by atoms with E-state index in [1.54, 1.807) is 35.4 Å². The van der Waals surface area contributed by atoms with Crippen LogP contribution in [0.1, 0.15) is 5.69 Å². The maximum atomic E-state index is 13.5. The zero-order valence-corrected chi connectivity index (χ0v) is 11.4. The summed E-state index contributed by atoms with van der Waals surface area (Å²) < 4.78 is 28.6. The van der Waals surface area contributed by atoms with E-state index < -0.39 is 18.2 Å². The van der Waals surface area contributed by atoms with Crippen molar-refractivity contribution in [2.24, 2.45) is 0 Å². The molecule has 3 rings (SSSR count). The van der Waals surface area contributed by atoms with Crippen molar-refractivity contribution >= 4 is 0 Å². The Hall–Kier alpha value is -2.67. The van der Waals surface area contributed by atoms with Gasteiger partial charge in [0.25, 0.3) is 0 Å². The molecule has 0 fully saturated rings. The second-order valence-corrected chi connectivity index (χ2v) is 4.66. The molecule has 112 valence electrons. The van der Waals surface area contributed by atoms with E-state index in [4.69, 9.17) is 5.11 Å². The first-order valence-corrected chi connectivity index (χ1v) is 6.52. The van der Waals surface area contributed by atoms with Crippen molar-refractivity contribution in [3.05, 3.63) is 60.8 Å². The number of hydrogen-bond acceptors (Lipinski definition) is 4. The molecule has 7 heteroatoms. The second-order valence-electron chi connectivity index (χ2n) is 4.66. The van der Waals surface area contributed by atoms with Crippen LogP contribution in [0.15, 0.2) is 55.1 Å². The molecule has 0 aliphatic rings. The lowest BCUT2D eigenvalue weighted by molar-refractivity contribution is -0.0591. The van der Waals surface area contributed by atoms with Crippen molar-refractivity contribution in [2.45, 2.75) is 5.92 Å². The lowest BCUT2D eigenvalue weighted by Gasteiger charge is -2.12. The van der Waals surface area contributed by atoms with E-state index in [0.29, 0.717) is 11.3 Å². The Morgan fingerprint density at radius 1 is 1.14 bits per heavy atom. The maximum Gasteiger partial charge on any atom is 0.312 e. The van der Waals surface area contributed by atoms with Crippen molar-refractivity contribution in [3.63, 3.8) is 0 Å². The van der Waals surface area contributed by atoms with Crippen LogP contribution in [-0.2, 0) is 5.92 Å². The molecular weight excluding hydrogens is 290 g/mol. The van der Waals surface area contributed by atoms with Gasteiger partial charge in [0.15, 0.2) is 0 Å². The standard InChI is InChI=1S/C15H12F2N4O/c16-15(17,10-22)14-5-1-4-13(20-14)11-7-19-21(9-11)12-3-2-6-18-8-12/h1-9,22H,10H2. The average Bonchev–Trinajstić information content (AvgIpc) is 3.06. The Kier molecular flexibility index (Phi) is 3.64. The molecule has 0 atom stereocenters.